The molecule has 1 aromatic carbocycles. The van der Waals surface area contributed by atoms with E-state index in [1.807, 2.05) is 6.07 Å². The minimum absolute atomic E-state index is 1.000. The molecule has 1 heterocycles. The zero-order chi connectivity index (χ0) is 9.26. The summed E-state index contributed by atoms with van der Waals surface area (Å²) >= 11 is 0. The smallest absolute Gasteiger partial charge is 0.142 e. The summed E-state index contributed by atoms with van der Waals surface area (Å²) < 4.78 is 5.34. The Hall–Kier alpha value is -1.18. The van der Waals surface area contributed by atoms with E-state index in [2.05, 4.69) is 24.1 Å². The molecule has 0 aromatic heterocycles. The summed E-state index contributed by atoms with van der Waals surface area (Å²) in [5, 5.41) is 0. The van der Waals surface area contributed by atoms with Gasteiger partial charge in [-0.3, -0.25) is 0 Å². The Morgan fingerprint density at radius 3 is 3.00 bits per heavy atom. The lowest BCUT2D eigenvalue weighted by Crippen LogP contribution is -2.25. The fourth-order valence-corrected chi connectivity index (χ4v) is 1.99. The number of hydrogen-bond acceptors (Lipinski definition) is 2. The Labute approximate surface area is 79.1 Å². The lowest BCUT2D eigenvalue weighted by atomic mass is 10.0. The van der Waals surface area contributed by atoms with Gasteiger partial charge >= 0.3 is 0 Å². The van der Waals surface area contributed by atoms with Gasteiger partial charge in [-0.2, -0.15) is 0 Å². The average Bonchev–Trinajstić information content (AvgIpc) is 2.17. The molecule has 1 aromatic rings. The molecule has 0 amide bonds. The monoisotopic (exact) mass is 177 g/mol. The molecule has 70 valence electrons. The van der Waals surface area contributed by atoms with Crippen molar-refractivity contribution in [2.24, 2.45) is 0 Å². The highest BCUT2D eigenvalue weighted by Gasteiger charge is 2.16. The van der Waals surface area contributed by atoms with Crippen LogP contribution in [0.3, 0.4) is 0 Å². The molecule has 0 unspecified atom stereocenters. The maximum Gasteiger partial charge on any atom is 0.142 e. The molecule has 2 rings (SSSR count). The number of benzene rings is 1. The summed E-state index contributed by atoms with van der Waals surface area (Å²) in [6.45, 7) is 1.13. The molecule has 1 aliphatic rings. The van der Waals surface area contributed by atoms with E-state index < -0.39 is 0 Å². The van der Waals surface area contributed by atoms with Gasteiger partial charge in [0, 0.05) is 13.6 Å². The largest absolute Gasteiger partial charge is 0.495 e. The first-order valence-electron chi connectivity index (χ1n) is 4.70. The summed E-state index contributed by atoms with van der Waals surface area (Å²) in [6.07, 6.45) is 2.42. The SMILES string of the molecule is COc1cccc2c1N(C)CCC2. The van der Waals surface area contributed by atoms with Gasteiger partial charge in [0.1, 0.15) is 5.75 Å². The zero-order valence-corrected chi connectivity index (χ0v) is 8.21. The quantitative estimate of drug-likeness (QED) is 0.651. The number of nitrogens with zero attached hydrogens (tertiary/aromatic N) is 1. The first-order valence-corrected chi connectivity index (χ1v) is 4.70. The predicted molar refractivity (Wildman–Crippen MR) is 54.6 cm³/mol. The third-order valence-corrected chi connectivity index (χ3v) is 2.62. The fourth-order valence-electron chi connectivity index (χ4n) is 1.99. The third-order valence-electron chi connectivity index (χ3n) is 2.62. The summed E-state index contributed by atoms with van der Waals surface area (Å²) in [6, 6.07) is 6.28. The topological polar surface area (TPSA) is 12.5 Å². The molecule has 0 aliphatic carbocycles. The number of rotatable bonds is 1. The molecule has 2 nitrogen and oxygen atoms in total. The van der Waals surface area contributed by atoms with Crippen molar-refractivity contribution >= 4 is 5.69 Å². The van der Waals surface area contributed by atoms with Crippen LogP contribution in [0.1, 0.15) is 12.0 Å². The molecule has 0 saturated carbocycles. The lowest BCUT2D eigenvalue weighted by Gasteiger charge is -2.28. The lowest BCUT2D eigenvalue weighted by molar-refractivity contribution is 0.413. The molecule has 0 saturated heterocycles. The highest BCUT2D eigenvalue weighted by molar-refractivity contribution is 5.64. The van der Waals surface area contributed by atoms with E-state index in [-0.39, 0.29) is 0 Å². The Kier molecular flexibility index (Phi) is 2.13. The Morgan fingerprint density at radius 1 is 1.38 bits per heavy atom. The van der Waals surface area contributed by atoms with Crippen LogP contribution in [0.4, 0.5) is 5.69 Å². The van der Waals surface area contributed by atoms with Crippen LogP contribution in [0.2, 0.25) is 0 Å². The first kappa shape index (κ1) is 8.42. The van der Waals surface area contributed by atoms with Gasteiger partial charge in [-0.25, -0.2) is 0 Å². The van der Waals surface area contributed by atoms with Crippen molar-refractivity contribution in [3.8, 4) is 5.75 Å². The molecule has 0 N–H and O–H groups in total. The molecule has 0 spiro atoms. The van der Waals surface area contributed by atoms with Crippen molar-refractivity contribution in [3.05, 3.63) is 23.8 Å². The van der Waals surface area contributed by atoms with E-state index in [0.29, 0.717) is 0 Å². The number of aryl methyl sites for hydroxylation is 1. The Morgan fingerprint density at radius 2 is 2.23 bits per heavy atom. The normalized spacial score (nSPS) is 15.4. The minimum Gasteiger partial charge on any atom is -0.495 e. The summed E-state index contributed by atoms with van der Waals surface area (Å²) in [4.78, 5) is 2.28. The van der Waals surface area contributed by atoms with E-state index in [9.17, 15) is 0 Å². The van der Waals surface area contributed by atoms with Crippen molar-refractivity contribution in [3.63, 3.8) is 0 Å². The fraction of sp³-hybridized carbons (Fsp3) is 0.455. The Balaban J connectivity index is 2.50. The second-order valence-corrected chi connectivity index (χ2v) is 3.49. The van der Waals surface area contributed by atoms with E-state index in [0.717, 1.165) is 12.3 Å². The van der Waals surface area contributed by atoms with Gasteiger partial charge < -0.3 is 9.64 Å². The molecule has 0 fully saturated rings. The average molecular weight is 177 g/mol. The van der Waals surface area contributed by atoms with Gasteiger partial charge in [0.25, 0.3) is 0 Å². The van der Waals surface area contributed by atoms with Crippen molar-refractivity contribution < 1.29 is 4.74 Å². The summed E-state index contributed by atoms with van der Waals surface area (Å²) in [5.74, 6) is 1.000. The minimum atomic E-state index is 1.000. The molecule has 1 aliphatic heterocycles. The zero-order valence-electron chi connectivity index (χ0n) is 8.21. The van der Waals surface area contributed by atoms with Crippen LogP contribution in [-0.4, -0.2) is 20.7 Å². The van der Waals surface area contributed by atoms with Crippen LogP contribution in [0.5, 0.6) is 5.75 Å². The van der Waals surface area contributed by atoms with Gasteiger partial charge in [-0.1, -0.05) is 12.1 Å². The van der Waals surface area contributed by atoms with Crippen molar-refractivity contribution in [1.29, 1.82) is 0 Å². The Bertz CT molecular complexity index is 295. The number of ether oxygens (including phenoxy) is 1. The molecule has 2 heteroatoms. The van der Waals surface area contributed by atoms with Gasteiger partial charge in [-0.15, -0.1) is 0 Å². The van der Waals surface area contributed by atoms with E-state index in [1.54, 1.807) is 7.11 Å². The molecule has 13 heavy (non-hydrogen) atoms. The van der Waals surface area contributed by atoms with Crippen LogP contribution >= 0.6 is 0 Å². The van der Waals surface area contributed by atoms with E-state index in [4.69, 9.17) is 4.74 Å². The molecular weight excluding hydrogens is 162 g/mol. The molecule has 0 radical (unpaired) electrons. The predicted octanol–water partition coefficient (Wildman–Crippen LogP) is 2.08. The van der Waals surface area contributed by atoms with Crippen molar-refractivity contribution in [2.75, 3.05) is 25.6 Å². The number of hydrogen-bond donors (Lipinski definition) is 0. The number of fused-ring (bicyclic) bond motifs is 1. The van der Waals surface area contributed by atoms with Gasteiger partial charge in [0.05, 0.1) is 12.8 Å². The maximum absolute atomic E-state index is 5.34. The standard InChI is InChI=1S/C11H15NO/c1-12-8-4-6-9-5-3-7-10(13-2)11(9)12/h3,5,7H,4,6,8H2,1-2H3. The number of methoxy groups -OCH3 is 1. The second-order valence-electron chi connectivity index (χ2n) is 3.49. The summed E-state index contributed by atoms with van der Waals surface area (Å²) in [7, 11) is 3.86. The van der Waals surface area contributed by atoms with Crippen LogP contribution in [0, 0.1) is 0 Å². The molecular formula is C11H15NO. The summed E-state index contributed by atoms with van der Waals surface area (Å²) in [5.41, 5.74) is 2.68. The van der Waals surface area contributed by atoms with Crippen LogP contribution < -0.4 is 9.64 Å². The van der Waals surface area contributed by atoms with Crippen LogP contribution in [0.15, 0.2) is 18.2 Å². The van der Waals surface area contributed by atoms with Crippen molar-refractivity contribution in [2.45, 2.75) is 12.8 Å². The number of anilines is 1. The van der Waals surface area contributed by atoms with E-state index >= 15 is 0 Å². The van der Waals surface area contributed by atoms with Gasteiger partial charge in [-0.05, 0) is 24.5 Å². The van der Waals surface area contributed by atoms with Crippen LogP contribution in [0.25, 0.3) is 0 Å². The molecule has 0 atom stereocenters. The van der Waals surface area contributed by atoms with Gasteiger partial charge in [0.15, 0.2) is 0 Å². The van der Waals surface area contributed by atoms with E-state index in [1.165, 1.54) is 24.1 Å². The highest BCUT2D eigenvalue weighted by atomic mass is 16.5. The first-order chi connectivity index (χ1) is 6.33. The van der Waals surface area contributed by atoms with Gasteiger partial charge in [0.2, 0.25) is 0 Å². The third kappa shape index (κ3) is 1.37. The number of para-hydroxylation sites is 1. The van der Waals surface area contributed by atoms with Crippen molar-refractivity contribution in [1.82, 2.24) is 0 Å². The maximum atomic E-state index is 5.34. The highest BCUT2D eigenvalue weighted by Crippen LogP contribution is 2.34. The van der Waals surface area contributed by atoms with Crippen LogP contribution in [-0.2, 0) is 6.42 Å². The molecule has 0 bridgehead atoms. The second kappa shape index (κ2) is 3.29.